The Morgan fingerprint density at radius 1 is 1.30 bits per heavy atom. The van der Waals surface area contributed by atoms with E-state index >= 15 is 0 Å². The predicted octanol–water partition coefficient (Wildman–Crippen LogP) is 0.751. The minimum Gasteiger partial charge on any atom is -0.383 e. The molecule has 27 heavy (non-hydrogen) atoms. The van der Waals surface area contributed by atoms with Crippen LogP contribution in [0.5, 0.6) is 0 Å². The summed E-state index contributed by atoms with van der Waals surface area (Å²) in [6, 6.07) is 1.31. The second kappa shape index (κ2) is 9.34. The number of methoxy groups -OCH3 is 1. The molecule has 0 atom stereocenters. The van der Waals surface area contributed by atoms with Crippen molar-refractivity contribution in [2.24, 2.45) is 5.14 Å². The molecule has 1 aliphatic rings. The number of rotatable bonds is 11. The Labute approximate surface area is 164 Å². The first-order valence-electron chi connectivity index (χ1n) is 8.43. The lowest BCUT2D eigenvalue weighted by atomic mass is 10.2. The van der Waals surface area contributed by atoms with E-state index in [1.54, 1.807) is 7.11 Å². The molecule has 0 amide bonds. The average molecular weight is 440 g/mol. The number of thiophene rings is 1. The van der Waals surface area contributed by atoms with Crippen LogP contribution in [0.4, 0.5) is 0 Å². The van der Waals surface area contributed by atoms with E-state index in [4.69, 9.17) is 14.6 Å². The molecule has 0 bridgehead atoms. The van der Waals surface area contributed by atoms with Crippen molar-refractivity contribution in [3.8, 4) is 0 Å². The summed E-state index contributed by atoms with van der Waals surface area (Å²) in [6.07, 6.45) is 2.82. The van der Waals surface area contributed by atoms with Crippen molar-refractivity contribution >= 4 is 37.1 Å². The molecule has 154 valence electrons. The summed E-state index contributed by atoms with van der Waals surface area (Å²) in [5.41, 5.74) is 0.901. The van der Waals surface area contributed by atoms with Crippen LogP contribution >= 0.6 is 11.3 Å². The van der Waals surface area contributed by atoms with E-state index < -0.39 is 20.0 Å². The highest BCUT2D eigenvalue weighted by atomic mass is 32.3. The second-order valence-corrected chi connectivity index (χ2v) is 10.8. The molecule has 12 heteroatoms. The quantitative estimate of drug-likeness (QED) is 0.487. The Morgan fingerprint density at radius 2 is 2.04 bits per heavy atom. The van der Waals surface area contributed by atoms with Gasteiger partial charge in [-0.2, -0.15) is 0 Å². The third kappa shape index (κ3) is 5.42. The highest BCUT2D eigenvalue weighted by Gasteiger charge is 2.35. The molecule has 0 radical (unpaired) electrons. The smallest absolute Gasteiger partial charge is 0.274 e. The fraction of sp³-hybridized carbons (Fsp3) is 0.600. The van der Waals surface area contributed by atoms with Gasteiger partial charge >= 0.3 is 0 Å². The molecule has 1 aliphatic heterocycles. The molecule has 0 aliphatic carbocycles. The molecule has 9 nitrogen and oxygen atoms in total. The summed E-state index contributed by atoms with van der Waals surface area (Å²) in [4.78, 5) is 0. The third-order valence-corrected chi connectivity index (χ3v) is 8.55. The van der Waals surface area contributed by atoms with E-state index in [9.17, 15) is 16.8 Å². The van der Waals surface area contributed by atoms with Gasteiger partial charge in [-0.05, 0) is 18.9 Å². The Morgan fingerprint density at radius 3 is 2.67 bits per heavy atom. The SMILES string of the molecule is CCCNC1=CN(CCCOCCOC)S(=O)(=O)c2sc(S(N)(=O)=O)cc21. The van der Waals surface area contributed by atoms with Gasteiger partial charge in [-0.1, -0.05) is 6.92 Å². The third-order valence-electron chi connectivity index (χ3n) is 3.73. The number of nitrogens with zero attached hydrogens (tertiary/aromatic N) is 1. The number of nitrogens with two attached hydrogens (primary N) is 1. The summed E-state index contributed by atoms with van der Waals surface area (Å²) < 4.78 is 60.4. The molecular weight excluding hydrogens is 414 g/mol. The Bertz CT molecular complexity index is 877. The molecule has 2 heterocycles. The van der Waals surface area contributed by atoms with Crippen molar-refractivity contribution in [1.29, 1.82) is 0 Å². The van der Waals surface area contributed by atoms with Crippen LogP contribution in [0.15, 0.2) is 20.7 Å². The normalized spacial score (nSPS) is 16.1. The highest BCUT2D eigenvalue weighted by Crippen LogP contribution is 2.39. The molecule has 0 saturated carbocycles. The summed E-state index contributed by atoms with van der Waals surface area (Å²) in [6.45, 7) is 4.12. The van der Waals surface area contributed by atoms with E-state index in [0.29, 0.717) is 55.4 Å². The number of primary sulfonamides is 1. The largest absolute Gasteiger partial charge is 0.383 e. The molecule has 0 saturated heterocycles. The van der Waals surface area contributed by atoms with Gasteiger partial charge in [0, 0.05) is 38.6 Å². The zero-order valence-electron chi connectivity index (χ0n) is 15.3. The van der Waals surface area contributed by atoms with Crippen molar-refractivity contribution in [2.45, 2.75) is 28.2 Å². The van der Waals surface area contributed by atoms with E-state index in [1.165, 1.54) is 16.6 Å². The van der Waals surface area contributed by atoms with Crippen LogP contribution in [0.3, 0.4) is 0 Å². The van der Waals surface area contributed by atoms with Crippen molar-refractivity contribution in [3.63, 3.8) is 0 Å². The molecule has 1 aromatic rings. The Balaban J connectivity index is 2.25. The van der Waals surface area contributed by atoms with E-state index in [0.717, 1.165) is 6.42 Å². The lowest BCUT2D eigenvalue weighted by Gasteiger charge is -2.27. The predicted molar refractivity (Wildman–Crippen MR) is 103 cm³/mol. The van der Waals surface area contributed by atoms with Crippen molar-refractivity contribution < 1.29 is 26.3 Å². The van der Waals surface area contributed by atoms with Gasteiger partial charge in [0.15, 0.2) is 4.21 Å². The molecule has 0 unspecified atom stereocenters. The van der Waals surface area contributed by atoms with Crippen LogP contribution in [0, 0.1) is 0 Å². The monoisotopic (exact) mass is 439 g/mol. The van der Waals surface area contributed by atoms with Gasteiger partial charge in [0.05, 0.1) is 18.9 Å². The number of sulfonamides is 2. The molecule has 0 fully saturated rings. The van der Waals surface area contributed by atoms with Gasteiger partial charge < -0.3 is 14.8 Å². The highest BCUT2D eigenvalue weighted by molar-refractivity contribution is 7.94. The van der Waals surface area contributed by atoms with Gasteiger partial charge in [0.1, 0.15) is 4.21 Å². The van der Waals surface area contributed by atoms with Crippen LogP contribution in [0.25, 0.3) is 5.70 Å². The van der Waals surface area contributed by atoms with E-state index in [-0.39, 0.29) is 15.0 Å². The summed E-state index contributed by atoms with van der Waals surface area (Å²) in [5.74, 6) is 0. The fourth-order valence-corrected chi connectivity index (χ4v) is 6.46. The molecule has 0 aromatic carbocycles. The van der Waals surface area contributed by atoms with Crippen LogP contribution in [-0.4, -0.2) is 61.2 Å². The maximum atomic E-state index is 12.9. The molecule has 0 spiro atoms. The number of ether oxygens (including phenoxy) is 2. The minimum absolute atomic E-state index is 0.0204. The zero-order valence-corrected chi connectivity index (χ0v) is 17.8. The number of hydrogen-bond acceptors (Lipinski definition) is 8. The van der Waals surface area contributed by atoms with E-state index in [1.807, 2.05) is 6.92 Å². The van der Waals surface area contributed by atoms with Crippen LogP contribution in [0.1, 0.15) is 25.3 Å². The summed E-state index contributed by atoms with van der Waals surface area (Å²) in [5, 5.41) is 8.34. The van der Waals surface area contributed by atoms with Crippen LogP contribution in [-0.2, 0) is 29.5 Å². The topological polar surface area (TPSA) is 128 Å². The van der Waals surface area contributed by atoms with Gasteiger partial charge in [-0.25, -0.2) is 22.0 Å². The number of nitrogens with one attached hydrogen (secondary N) is 1. The first-order valence-corrected chi connectivity index (χ1v) is 12.2. The maximum Gasteiger partial charge on any atom is 0.274 e. The first kappa shape index (κ1) is 22.1. The minimum atomic E-state index is -3.99. The Hall–Kier alpha value is -1.18. The molecular formula is C15H25N3O6S3. The number of hydrogen-bond donors (Lipinski definition) is 2. The van der Waals surface area contributed by atoms with Crippen LogP contribution < -0.4 is 10.5 Å². The van der Waals surface area contributed by atoms with Gasteiger partial charge in [-0.15, -0.1) is 11.3 Å². The van der Waals surface area contributed by atoms with Crippen molar-refractivity contribution in [2.75, 3.05) is 40.0 Å². The van der Waals surface area contributed by atoms with Gasteiger partial charge in [0.25, 0.3) is 10.0 Å². The molecule has 3 N–H and O–H groups in total. The van der Waals surface area contributed by atoms with Gasteiger partial charge in [-0.3, -0.25) is 4.31 Å². The standard InChI is InChI=1S/C15H25N3O6S3/c1-3-5-17-13-11-18(6-4-7-24-9-8-23-2)27(21,22)15-12(13)10-14(25-15)26(16,19)20/h10-11,17H,3-9H2,1-2H3,(H2,16,19,20). The lowest BCUT2D eigenvalue weighted by Crippen LogP contribution is -2.33. The Kier molecular flexibility index (Phi) is 7.65. The lowest BCUT2D eigenvalue weighted by molar-refractivity contribution is 0.0685. The summed E-state index contributed by atoms with van der Waals surface area (Å²) in [7, 11) is -6.25. The molecule has 1 aromatic heterocycles. The van der Waals surface area contributed by atoms with Crippen LogP contribution in [0.2, 0.25) is 0 Å². The maximum absolute atomic E-state index is 12.9. The molecule has 2 rings (SSSR count). The average Bonchev–Trinajstić information content (AvgIpc) is 3.06. The fourth-order valence-electron chi connectivity index (χ4n) is 2.41. The second-order valence-electron chi connectivity index (χ2n) is 5.86. The van der Waals surface area contributed by atoms with E-state index in [2.05, 4.69) is 5.32 Å². The van der Waals surface area contributed by atoms with Crippen molar-refractivity contribution in [1.82, 2.24) is 9.62 Å². The first-order chi connectivity index (χ1) is 12.7. The van der Waals surface area contributed by atoms with Gasteiger partial charge in [0.2, 0.25) is 10.0 Å². The summed E-state index contributed by atoms with van der Waals surface area (Å²) >= 11 is 0.669. The number of fused-ring (bicyclic) bond motifs is 1. The van der Waals surface area contributed by atoms with Crippen molar-refractivity contribution in [3.05, 3.63) is 17.8 Å². The zero-order chi connectivity index (χ0) is 20.1.